The minimum atomic E-state index is -0.771. The molecule has 35 heavy (non-hydrogen) atoms. The molecule has 0 radical (unpaired) electrons. The number of amides is 3. The first kappa shape index (κ1) is 23.8. The zero-order valence-corrected chi connectivity index (χ0v) is 19.1. The Hall–Kier alpha value is -4.34. The molecule has 2 aliphatic rings. The largest absolute Gasteiger partial charge is 0.452 e. The molecule has 2 aromatic rings. The van der Waals surface area contributed by atoms with E-state index >= 15 is 0 Å². The summed E-state index contributed by atoms with van der Waals surface area (Å²) >= 11 is 0. The number of anilines is 2. The van der Waals surface area contributed by atoms with Crippen molar-refractivity contribution in [1.82, 2.24) is 0 Å². The van der Waals surface area contributed by atoms with Crippen LogP contribution in [-0.2, 0) is 19.1 Å². The van der Waals surface area contributed by atoms with Crippen molar-refractivity contribution in [1.29, 1.82) is 0 Å². The maximum Gasteiger partial charge on any atom is 0.338 e. The minimum Gasteiger partial charge on any atom is -0.452 e. The molecule has 1 aliphatic heterocycles. The van der Waals surface area contributed by atoms with Gasteiger partial charge in [-0.05, 0) is 49.6 Å². The van der Waals surface area contributed by atoms with Crippen LogP contribution in [0.25, 0.3) is 0 Å². The Labute approximate surface area is 200 Å². The van der Waals surface area contributed by atoms with E-state index in [0.29, 0.717) is 17.7 Å². The third kappa shape index (κ3) is 4.68. The van der Waals surface area contributed by atoms with Gasteiger partial charge in [-0.3, -0.25) is 29.4 Å². The molecular weight excluding hydrogens is 454 g/mol. The van der Waals surface area contributed by atoms with Crippen molar-refractivity contribution in [3.8, 4) is 0 Å². The number of hydrogen-bond donors (Lipinski definition) is 1. The molecule has 3 atom stereocenters. The third-order valence-corrected chi connectivity index (χ3v) is 6.26. The number of allylic oxidation sites excluding steroid dienone is 2. The van der Waals surface area contributed by atoms with E-state index < -0.39 is 23.4 Å². The molecule has 3 amide bonds. The molecule has 0 unspecified atom stereocenters. The second kappa shape index (κ2) is 9.49. The van der Waals surface area contributed by atoms with Crippen molar-refractivity contribution < 1.29 is 28.8 Å². The van der Waals surface area contributed by atoms with Gasteiger partial charge in [-0.1, -0.05) is 25.1 Å². The van der Waals surface area contributed by atoms with Crippen LogP contribution in [0.4, 0.5) is 17.1 Å². The molecule has 180 valence electrons. The highest BCUT2D eigenvalue weighted by molar-refractivity contribution is 6.22. The molecule has 10 nitrogen and oxygen atoms in total. The van der Waals surface area contributed by atoms with Gasteiger partial charge in [0.05, 0.1) is 28.0 Å². The van der Waals surface area contributed by atoms with Crippen molar-refractivity contribution >= 4 is 40.8 Å². The Balaban J connectivity index is 1.36. The zero-order chi connectivity index (χ0) is 25.3. The Morgan fingerprint density at radius 3 is 2.51 bits per heavy atom. The molecular formula is C25H23N3O7. The van der Waals surface area contributed by atoms with Crippen LogP contribution in [0.15, 0.2) is 54.6 Å². The topological polar surface area (TPSA) is 136 Å². The molecule has 0 aromatic heterocycles. The van der Waals surface area contributed by atoms with Crippen LogP contribution >= 0.6 is 0 Å². The summed E-state index contributed by atoms with van der Waals surface area (Å²) in [6.07, 6.45) is 4.40. The van der Waals surface area contributed by atoms with Crippen molar-refractivity contribution in [2.75, 3.05) is 16.8 Å². The normalized spacial score (nSPS) is 21.0. The lowest BCUT2D eigenvalue weighted by atomic mass is 9.78. The zero-order valence-electron chi connectivity index (χ0n) is 19.1. The number of benzene rings is 2. The van der Waals surface area contributed by atoms with E-state index in [1.54, 1.807) is 6.92 Å². The van der Waals surface area contributed by atoms with Crippen LogP contribution in [0.2, 0.25) is 0 Å². The number of carbonyl (C=O) groups is 4. The van der Waals surface area contributed by atoms with Gasteiger partial charge in [0.15, 0.2) is 6.61 Å². The Morgan fingerprint density at radius 1 is 1.14 bits per heavy atom. The van der Waals surface area contributed by atoms with Gasteiger partial charge in [0.25, 0.3) is 11.6 Å². The number of fused-ring (bicyclic) bond motifs is 1. The number of rotatable bonds is 6. The van der Waals surface area contributed by atoms with Gasteiger partial charge < -0.3 is 10.1 Å². The smallest absolute Gasteiger partial charge is 0.338 e. The second-order valence-corrected chi connectivity index (χ2v) is 8.60. The van der Waals surface area contributed by atoms with E-state index in [0.717, 1.165) is 0 Å². The summed E-state index contributed by atoms with van der Waals surface area (Å²) in [5.41, 5.74) is 1.03. The SMILES string of the molecule is Cc1ccc(NC(=O)COC(=O)c2ccc(N3C(=O)[C@H]4[C@@H](C)C=CC[C@H]4C3=O)cc2)cc1[N+](=O)[O-]. The molecule has 1 N–H and O–H groups in total. The van der Waals surface area contributed by atoms with Gasteiger partial charge >= 0.3 is 5.97 Å². The summed E-state index contributed by atoms with van der Waals surface area (Å²) in [7, 11) is 0. The highest BCUT2D eigenvalue weighted by atomic mass is 16.6. The first-order chi connectivity index (χ1) is 16.7. The van der Waals surface area contributed by atoms with Crippen LogP contribution in [0.1, 0.15) is 29.3 Å². The molecule has 1 fully saturated rings. The molecule has 4 rings (SSSR count). The fraction of sp³-hybridized carbons (Fsp3) is 0.280. The minimum absolute atomic E-state index is 0.0263. The third-order valence-electron chi connectivity index (χ3n) is 6.26. The summed E-state index contributed by atoms with van der Waals surface area (Å²) in [6.45, 7) is 2.90. The summed E-state index contributed by atoms with van der Waals surface area (Å²) in [5.74, 6) is -2.72. The summed E-state index contributed by atoms with van der Waals surface area (Å²) < 4.78 is 5.02. The average Bonchev–Trinajstić information content (AvgIpc) is 3.09. The standard InChI is InChI=1S/C25H23N3O7/c1-14-6-9-17(12-20(14)28(33)34)26-21(29)13-35-25(32)16-7-10-18(11-8-16)27-23(30)19-5-3-4-15(2)22(19)24(27)31/h3-4,6-12,15,19,22H,5,13H2,1-2H3,(H,26,29)/t15-,19+,22-/m0/s1. The van der Waals surface area contributed by atoms with Gasteiger partial charge in [-0.15, -0.1) is 0 Å². The van der Waals surface area contributed by atoms with Crippen LogP contribution < -0.4 is 10.2 Å². The lowest BCUT2D eigenvalue weighted by Gasteiger charge is -2.22. The van der Waals surface area contributed by atoms with Crippen molar-refractivity contribution in [2.45, 2.75) is 20.3 Å². The van der Waals surface area contributed by atoms with E-state index in [1.807, 2.05) is 19.1 Å². The molecule has 1 heterocycles. The number of hydrogen-bond acceptors (Lipinski definition) is 7. The molecule has 10 heteroatoms. The summed E-state index contributed by atoms with van der Waals surface area (Å²) in [6, 6.07) is 10.1. The molecule has 1 saturated heterocycles. The molecule has 0 bridgehead atoms. The van der Waals surface area contributed by atoms with Crippen molar-refractivity contribution in [3.05, 3.63) is 75.9 Å². The van der Waals surface area contributed by atoms with E-state index in [9.17, 15) is 29.3 Å². The number of ether oxygens (including phenoxy) is 1. The van der Waals surface area contributed by atoms with Crippen LogP contribution in [0, 0.1) is 34.8 Å². The fourth-order valence-electron chi connectivity index (χ4n) is 4.44. The summed E-state index contributed by atoms with van der Waals surface area (Å²) in [4.78, 5) is 61.8. The number of imide groups is 1. The van der Waals surface area contributed by atoms with Crippen LogP contribution in [0.5, 0.6) is 0 Å². The van der Waals surface area contributed by atoms with Gasteiger partial charge in [0, 0.05) is 17.3 Å². The van der Waals surface area contributed by atoms with Crippen LogP contribution in [0.3, 0.4) is 0 Å². The number of aryl methyl sites for hydroxylation is 1. The van der Waals surface area contributed by atoms with E-state index in [2.05, 4.69) is 5.32 Å². The predicted octanol–water partition coefficient (Wildman–Crippen LogP) is 3.40. The summed E-state index contributed by atoms with van der Waals surface area (Å²) in [5, 5.41) is 13.5. The Bertz CT molecular complexity index is 1250. The quantitative estimate of drug-likeness (QED) is 0.221. The fourth-order valence-corrected chi connectivity index (χ4v) is 4.44. The second-order valence-electron chi connectivity index (χ2n) is 8.60. The number of esters is 1. The molecule has 2 aromatic carbocycles. The van der Waals surface area contributed by atoms with E-state index in [4.69, 9.17) is 4.74 Å². The number of nitro groups is 1. The van der Waals surface area contributed by atoms with Crippen molar-refractivity contribution in [3.63, 3.8) is 0 Å². The van der Waals surface area contributed by atoms with E-state index in [-0.39, 0.29) is 46.5 Å². The van der Waals surface area contributed by atoms with Gasteiger partial charge in [0.1, 0.15) is 0 Å². The van der Waals surface area contributed by atoms with Crippen molar-refractivity contribution in [2.24, 2.45) is 17.8 Å². The first-order valence-corrected chi connectivity index (χ1v) is 11.0. The maximum atomic E-state index is 12.9. The molecule has 0 saturated carbocycles. The lowest BCUT2D eigenvalue weighted by Crippen LogP contribution is -2.31. The first-order valence-electron chi connectivity index (χ1n) is 11.0. The number of carbonyl (C=O) groups excluding carboxylic acids is 4. The lowest BCUT2D eigenvalue weighted by molar-refractivity contribution is -0.385. The van der Waals surface area contributed by atoms with Gasteiger partial charge in [0.2, 0.25) is 11.8 Å². The van der Waals surface area contributed by atoms with Gasteiger partial charge in [-0.2, -0.15) is 0 Å². The molecule has 0 spiro atoms. The Morgan fingerprint density at radius 2 is 1.86 bits per heavy atom. The van der Waals surface area contributed by atoms with E-state index in [1.165, 1.54) is 47.4 Å². The monoisotopic (exact) mass is 477 g/mol. The van der Waals surface area contributed by atoms with Crippen LogP contribution in [-0.4, -0.2) is 35.2 Å². The average molecular weight is 477 g/mol. The highest BCUT2D eigenvalue weighted by Crippen LogP contribution is 2.40. The highest BCUT2D eigenvalue weighted by Gasteiger charge is 2.50. The predicted molar refractivity (Wildman–Crippen MR) is 126 cm³/mol. The number of nitrogens with zero attached hydrogens (tertiary/aromatic N) is 2. The number of nitrogens with one attached hydrogen (secondary N) is 1. The molecule has 1 aliphatic carbocycles. The Kier molecular flexibility index (Phi) is 6.46. The maximum absolute atomic E-state index is 12.9. The number of nitro benzene ring substituents is 1. The van der Waals surface area contributed by atoms with Gasteiger partial charge in [-0.25, -0.2) is 4.79 Å².